The number of anilines is 1. The molecule has 2 rings (SSSR count). The molecule has 0 radical (unpaired) electrons. The molecule has 0 unspecified atom stereocenters. The van der Waals surface area contributed by atoms with Crippen LogP contribution in [0.15, 0.2) is 42.5 Å². The van der Waals surface area contributed by atoms with Gasteiger partial charge in [0.15, 0.2) is 0 Å². The monoisotopic (exact) mass is 288 g/mol. The fourth-order valence-corrected chi connectivity index (χ4v) is 2.27. The molecule has 0 atom stereocenters. The number of rotatable bonds is 4. The van der Waals surface area contributed by atoms with Gasteiger partial charge in [-0.15, -0.1) is 0 Å². The predicted molar refractivity (Wildman–Crippen MR) is 85.6 cm³/mol. The van der Waals surface area contributed by atoms with E-state index in [0.29, 0.717) is 17.8 Å². The third-order valence-corrected chi connectivity index (χ3v) is 3.38. The summed E-state index contributed by atoms with van der Waals surface area (Å²) in [4.78, 5) is 2.07. The average molecular weight is 288 g/mol. The van der Waals surface area contributed by atoms with E-state index in [0.717, 1.165) is 5.56 Å². The number of hydrogen-bond donors (Lipinski definition) is 1. The van der Waals surface area contributed by atoms with Crippen molar-refractivity contribution in [3.8, 4) is 0 Å². The SMILES string of the molecule is Cc1cccc(CN(C)c2ccc(C(N)=S)cc2F)c1. The van der Waals surface area contributed by atoms with Gasteiger partial charge in [0, 0.05) is 19.2 Å². The van der Waals surface area contributed by atoms with Crippen LogP contribution in [0.4, 0.5) is 10.1 Å². The number of halogens is 1. The van der Waals surface area contributed by atoms with E-state index in [1.807, 2.05) is 37.1 Å². The van der Waals surface area contributed by atoms with Crippen LogP contribution >= 0.6 is 12.2 Å². The molecule has 2 nitrogen and oxygen atoms in total. The van der Waals surface area contributed by atoms with Crippen LogP contribution in [-0.4, -0.2) is 12.0 Å². The first-order chi connectivity index (χ1) is 9.47. The van der Waals surface area contributed by atoms with Crippen LogP contribution < -0.4 is 10.6 Å². The first-order valence-electron chi connectivity index (χ1n) is 6.33. The van der Waals surface area contributed by atoms with Gasteiger partial charge < -0.3 is 10.6 Å². The summed E-state index contributed by atoms with van der Waals surface area (Å²) in [5, 5.41) is 0. The Balaban J connectivity index is 2.21. The van der Waals surface area contributed by atoms with E-state index in [-0.39, 0.29) is 10.8 Å². The Morgan fingerprint density at radius 2 is 2.00 bits per heavy atom. The largest absolute Gasteiger partial charge is 0.389 e. The summed E-state index contributed by atoms with van der Waals surface area (Å²) in [5.41, 5.74) is 8.92. The highest BCUT2D eigenvalue weighted by Gasteiger charge is 2.10. The molecule has 0 heterocycles. The van der Waals surface area contributed by atoms with E-state index >= 15 is 0 Å². The Kier molecular flexibility index (Phi) is 4.35. The van der Waals surface area contributed by atoms with E-state index in [9.17, 15) is 4.39 Å². The van der Waals surface area contributed by atoms with Gasteiger partial charge in [0.25, 0.3) is 0 Å². The lowest BCUT2D eigenvalue weighted by molar-refractivity contribution is 0.622. The fraction of sp³-hybridized carbons (Fsp3) is 0.188. The van der Waals surface area contributed by atoms with Crippen LogP contribution in [0, 0.1) is 12.7 Å². The molecular weight excluding hydrogens is 271 g/mol. The lowest BCUT2D eigenvalue weighted by atomic mass is 10.1. The van der Waals surface area contributed by atoms with Crippen LogP contribution in [-0.2, 0) is 6.54 Å². The highest BCUT2D eigenvalue weighted by molar-refractivity contribution is 7.80. The fourth-order valence-electron chi connectivity index (χ4n) is 2.14. The highest BCUT2D eigenvalue weighted by Crippen LogP contribution is 2.21. The number of thiocarbonyl (C=S) groups is 1. The smallest absolute Gasteiger partial charge is 0.147 e. The molecule has 2 aromatic rings. The quantitative estimate of drug-likeness (QED) is 0.874. The van der Waals surface area contributed by atoms with Crippen molar-refractivity contribution in [1.29, 1.82) is 0 Å². The first kappa shape index (κ1) is 14.5. The molecule has 0 spiro atoms. The minimum absolute atomic E-state index is 0.205. The van der Waals surface area contributed by atoms with Crippen molar-refractivity contribution < 1.29 is 4.39 Å². The normalized spacial score (nSPS) is 10.3. The summed E-state index contributed by atoms with van der Waals surface area (Å²) in [6.45, 7) is 2.69. The second-order valence-corrected chi connectivity index (χ2v) is 5.32. The number of nitrogens with zero attached hydrogens (tertiary/aromatic N) is 1. The lowest BCUT2D eigenvalue weighted by Crippen LogP contribution is -2.18. The van der Waals surface area contributed by atoms with Gasteiger partial charge in [-0.1, -0.05) is 42.0 Å². The average Bonchev–Trinajstić information content (AvgIpc) is 2.38. The topological polar surface area (TPSA) is 29.3 Å². The summed E-state index contributed by atoms with van der Waals surface area (Å²) >= 11 is 4.85. The molecule has 4 heteroatoms. The van der Waals surface area contributed by atoms with Crippen molar-refractivity contribution in [3.05, 3.63) is 65.0 Å². The Hall–Kier alpha value is -1.94. The molecule has 0 aliphatic rings. The Morgan fingerprint density at radius 3 is 2.60 bits per heavy atom. The highest BCUT2D eigenvalue weighted by atomic mass is 32.1. The second-order valence-electron chi connectivity index (χ2n) is 4.88. The van der Waals surface area contributed by atoms with Crippen LogP contribution in [0.1, 0.15) is 16.7 Å². The zero-order valence-corrected chi connectivity index (χ0v) is 12.4. The van der Waals surface area contributed by atoms with Crippen LogP contribution in [0.5, 0.6) is 0 Å². The molecule has 0 bridgehead atoms. The number of aryl methyl sites for hydroxylation is 1. The van der Waals surface area contributed by atoms with Gasteiger partial charge in [0.05, 0.1) is 5.69 Å². The lowest BCUT2D eigenvalue weighted by Gasteiger charge is -2.20. The van der Waals surface area contributed by atoms with Gasteiger partial charge in [-0.3, -0.25) is 0 Å². The summed E-state index contributed by atoms with van der Waals surface area (Å²) in [6.07, 6.45) is 0. The third kappa shape index (κ3) is 3.33. The standard InChI is InChI=1S/C16H17FN2S/c1-11-4-3-5-12(8-11)10-19(2)15-7-6-13(16(18)20)9-14(15)17/h3-9H,10H2,1-2H3,(H2,18,20). The first-order valence-corrected chi connectivity index (χ1v) is 6.74. The number of hydrogen-bond acceptors (Lipinski definition) is 2. The Bertz CT molecular complexity index is 640. The zero-order chi connectivity index (χ0) is 14.7. The Labute approximate surface area is 124 Å². The molecule has 0 aromatic heterocycles. The predicted octanol–water partition coefficient (Wildman–Crippen LogP) is 3.40. The molecule has 0 aliphatic carbocycles. The van der Waals surface area contributed by atoms with Crippen molar-refractivity contribution in [2.75, 3.05) is 11.9 Å². The van der Waals surface area contributed by atoms with E-state index in [1.54, 1.807) is 12.1 Å². The maximum Gasteiger partial charge on any atom is 0.147 e. The van der Waals surface area contributed by atoms with Gasteiger partial charge >= 0.3 is 0 Å². The van der Waals surface area contributed by atoms with Crippen molar-refractivity contribution in [3.63, 3.8) is 0 Å². The second kappa shape index (κ2) is 6.01. The van der Waals surface area contributed by atoms with Gasteiger partial charge in [-0.05, 0) is 30.7 Å². The van der Waals surface area contributed by atoms with Gasteiger partial charge in [0.1, 0.15) is 10.8 Å². The molecule has 0 saturated carbocycles. The molecule has 2 aromatic carbocycles. The molecular formula is C16H17FN2S. The molecule has 0 saturated heterocycles. The van der Waals surface area contributed by atoms with E-state index in [1.165, 1.54) is 11.6 Å². The Morgan fingerprint density at radius 1 is 1.25 bits per heavy atom. The molecule has 104 valence electrons. The maximum absolute atomic E-state index is 14.1. The van der Waals surface area contributed by atoms with Crippen molar-refractivity contribution >= 4 is 22.9 Å². The van der Waals surface area contributed by atoms with Crippen LogP contribution in [0.25, 0.3) is 0 Å². The molecule has 0 amide bonds. The summed E-state index contributed by atoms with van der Waals surface area (Å²) in [6, 6.07) is 13.0. The van der Waals surface area contributed by atoms with Gasteiger partial charge in [-0.25, -0.2) is 4.39 Å². The van der Waals surface area contributed by atoms with Crippen molar-refractivity contribution in [2.45, 2.75) is 13.5 Å². The summed E-state index contributed by atoms with van der Waals surface area (Å²) < 4.78 is 14.1. The number of nitrogens with two attached hydrogens (primary N) is 1. The zero-order valence-electron chi connectivity index (χ0n) is 11.6. The van der Waals surface area contributed by atoms with E-state index in [2.05, 4.69) is 6.07 Å². The molecule has 2 N–H and O–H groups in total. The van der Waals surface area contributed by atoms with Gasteiger partial charge in [0.2, 0.25) is 0 Å². The van der Waals surface area contributed by atoms with Crippen molar-refractivity contribution in [2.24, 2.45) is 5.73 Å². The van der Waals surface area contributed by atoms with Crippen LogP contribution in [0.3, 0.4) is 0 Å². The van der Waals surface area contributed by atoms with Gasteiger partial charge in [-0.2, -0.15) is 0 Å². The molecule has 0 fully saturated rings. The summed E-state index contributed by atoms with van der Waals surface area (Å²) in [5.74, 6) is -0.314. The molecule has 20 heavy (non-hydrogen) atoms. The van der Waals surface area contributed by atoms with Crippen LogP contribution in [0.2, 0.25) is 0 Å². The minimum Gasteiger partial charge on any atom is -0.389 e. The summed E-state index contributed by atoms with van der Waals surface area (Å²) in [7, 11) is 1.86. The molecule has 0 aliphatic heterocycles. The number of benzene rings is 2. The van der Waals surface area contributed by atoms with Crippen molar-refractivity contribution in [1.82, 2.24) is 0 Å². The maximum atomic E-state index is 14.1. The van der Waals surface area contributed by atoms with E-state index < -0.39 is 0 Å². The minimum atomic E-state index is -0.314. The third-order valence-electron chi connectivity index (χ3n) is 3.15. The van der Waals surface area contributed by atoms with E-state index in [4.69, 9.17) is 18.0 Å².